The van der Waals surface area contributed by atoms with Crippen LogP contribution < -0.4 is 5.32 Å². The SMILES string of the molecule is Brc1ccc2nn(CC3CCCNC3)cc2c1. The lowest BCUT2D eigenvalue weighted by Crippen LogP contribution is -2.32. The van der Waals surface area contributed by atoms with Crippen molar-refractivity contribution in [2.75, 3.05) is 13.1 Å². The van der Waals surface area contributed by atoms with Crippen LogP contribution in [-0.2, 0) is 6.54 Å². The number of aromatic nitrogens is 2. The van der Waals surface area contributed by atoms with Crippen LogP contribution in [0.25, 0.3) is 10.9 Å². The average molecular weight is 294 g/mol. The molecule has 17 heavy (non-hydrogen) atoms. The van der Waals surface area contributed by atoms with Gasteiger partial charge in [0.15, 0.2) is 0 Å². The summed E-state index contributed by atoms with van der Waals surface area (Å²) in [5.74, 6) is 0.724. The Morgan fingerprint density at radius 2 is 2.41 bits per heavy atom. The minimum absolute atomic E-state index is 0.724. The summed E-state index contributed by atoms with van der Waals surface area (Å²) in [6.45, 7) is 3.32. The topological polar surface area (TPSA) is 29.9 Å². The molecule has 1 saturated heterocycles. The largest absolute Gasteiger partial charge is 0.316 e. The van der Waals surface area contributed by atoms with Crippen molar-refractivity contribution in [3.63, 3.8) is 0 Å². The summed E-state index contributed by atoms with van der Waals surface area (Å²) in [5.41, 5.74) is 1.08. The molecular formula is C13H16BrN3. The van der Waals surface area contributed by atoms with E-state index in [1.807, 2.05) is 6.07 Å². The molecule has 4 heteroatoms. The normalized spacial score (nSPS) is 20.9. The lowest BCUT2D eigenvalue weighted by Gasteiger charge is -2.22. The number of rotatable bonds is 2. The Kier molecular flexibility index (Phi) is 3.16. The van der Waals surface area contributed by atoms with Gasteiger partial charge in [0.05, 0.1) is 5.52 Å². The molecule has 2 aromatic rings. The van der Waals surface area contributed by atoms with Crippen LogP contribution in [0.1, 0.15) is 12.8 Å². The monoisotopic (exact) mass is 293 g/mol. The fraction of sp³-hybridized carbons (Fsp3) is 0.462. The third kappa shape index (κ3) is 2.53. The van der Waals surface area contributed by atoms with Crippen LogP contribution in [0.4, 0.5) is 0 Å². The Morgan fingerprint density at radius 3 is 3.24 bits per heavy atom. The number of nitrogens with zero attached hydrogens (tertiary/aromatic N) is 2. The summed E-state index contributed by atoms with van der Waals surface area (Å²) < 4.78 is 3.21. The first-order valence-corrected chi connectivity index (χ1v) is 6.94. The maximum atomic E-state index is 4.62. The molecule has 1 aliphatic heterocycles. The molecular weight excluding hydrogens is 278 g/mol. The van der Waals surface area contributed by atoms with Gasteiger partial charge in [0.25, 0.3) is 0 Å². The van der Waals surface area contributed by atoms with E-state index >= 15 is 0 Å². The molecule has 1 N–H and O–H groups in total. The summed E-state index contributed by atoms with van der Waals surface area (Å²) in [5, 5.41) is 9.28. The minimum Gasteiger partial charge on any atom is -0.316 e. The molecule has 1 aromatic heterocycles. The van der Waals surface area contributed by atoms with Crippen LogP contribution in [0.2, 0.25) is 0 Å². The molecule has 2 heterocycles. The highest BCUT2D eigenvalue weighted by Crippen LogP contribution is 2.20. The smallest absolute Gasteiger partial charge is 0.0924 e. The van der Waals surface area contributed by atoms with Crippen LogP contribution in [0, 0.1) is 5.92 Å². The second-order valence-corrected chi connectivity index (χ2v) is 5.68. The van der Waals surface area contributed by atoms with Crippen molar-refractivity contribution in [2.45, 2.75) is 19.4 Å². The van der Waals surface area contributed by atoms with Crippen molar-refractivity contribution >= 4 is 26.8 Å². The highest BCUT2D eigenvalue weighted by atomic mass is 79.9. The van der Waals surface area contributed by atoms with Gasteiger partial charge in [-0.1, -0.05) is 15.9 Å². The van der Waals surface area contributed by atoms with E-state index in [-0.39, 0.29) is 0 Å². The van der Waals surface area contributed by atoms with Gasteiger partial charge in [0.1, 0.15) is 0 Å². The quantitative estimate of drug-likeness (QED) is 0.923. The number of fused-ring (bicyclic) bond motifs is 1. The molecule has 1 atom stereocenters. The van der Waals surface area contributed by atoms with Gasteiger partial charge in [-0.25, -0.2) is 0 Å². The lowest BCUT2D eigenvalue weighted by molar-refractivity contribution is 0.326. The van der Waals surface area contributed by atoms with Crippen molar-refractivity contribution < 1.29 is 0 Å². The molecule has 1 aliphatic rings. The number of hydrogen-bond donors (Lipinski definition) is 1. The molecule has 0 spiro atoms. The van der Waals surface area contributed by atoms with E-state index in [9.17, 15) is 0 Å². The van der Waals surface area contributed by atoms with E-state index in [0.717, 1.165) is 29.0 Å². The van der Waals surface area contributed by atoms with Gasteiger partial charge in [0, 0.05) is 22.6 Å². The molecule has 0 aliphatic carbocycles. The Hall–Kier alpha value is -0.870. The van der Waals surface area contributed by atoms with Gasteiger partial charge in [0.2, 0.25) is 0 Å². The minimum atomic E-state index is 0.724. The number of halogens is 1. The van der Waals surface area contributed by atoms with E-state index < -0.39 is 0 Å². The third-order valence-corrected chi connectivity index (χ3v) is 3.85. The van der Waals surface area contributed by atoms with Crippen LogP contribution in [-0.4, -0.2) is 22.9 Å². The zero-order valence-corrected chi connectivity index (χ0v) is 11.3. The maximum absolute atomic E-state index is 4.62. The maximum Gasteiger partial charge on any atom is 0.0924 e. The zero-order valence-electron chi connectivity index (χ0n) is 9.69. The van der Waals surface area contributed by atoms with Gasteiger partial charge in [-0.05, 0) is 50.0 Å². The zero-order chi connectivity index (χ0) is 11.7. The van der Waals surface area contributed by atoms with E-state index in [1.54, 1.807) is 0 Å². The first-order valence-electron chi connectivity index (χ1n) is 6.15. The van der Waals surface area contributed by atoms with Crippen molar-refractivity contribution in [1.29, 1.82) is 0 Å². The molecule has 1 fully saturated rings. The van der Waals surface area contributed by atoms with Crippen LogP contribution in [0.15, 0.2) is 28.9 Å². The van der Waals surface area contributed by atoms with Gasteiger partial charge in [-0.2, -0.15) is 5.10 Å². The number of hydrogen-bond acceptors (Lipinski definition) is 2. The molecule has 3 rings (SSSR count). The Labute approximate surface area is 109 Å². The van der Waals surface area contributed by atoms with Crippen molar-refractivity contribution in [3.8, 4) is 0 Å². The first kappa shape index (κ1) is 11.2. The fourth-order valence-corrected chi connectivity index (χ4v) is 2.86. The summed E-state index contributed by atoms with van der Waals surface area (Å²) >= 11 is 3.49. The van der Waals surface area contributed by atoms with Crippen LogP contribution >= 0.6 is 15.9 Å². The molecule has 0 amide bonds. The Morgan fingerprint density at radius 1 is 1.47 bits per heavy atom. The number of benzene rings is 1. The third-order valence-electron chi connectivity index (χ3n) is 3.36. The van der Waals surface area contributed by atoms with Gasteiger partial charge < -0.3 is 5.32 Å². The fourth-order valence-electron chi connectivity index (χ4n) is 2.49. The standard InChI is InChI=1S/C13H16BrN3/c14-12-3-4-13-11(6-12)9-17(16-13)8-10-2-1-5-15-7-10/h3-4,6,9-10,15H,1-2,5,7-8H2. The van der Waals surface area contributed by atoms with Gasteiger partial charge >= 0.3 is 0 Å². The van der Waals surface area contributed by atoms with Crippen molar-refractivity contribution in [1.82, 2.24) is 15.1 Å². The van der Waals surface area contributed by atoms with Crippen LogP contribution in [0.3, 0.4) is 0 Å². The summed E-state index contributed by atoms with van der Waals surface area (Å²) in [7, 11) is 0. The van der Waals surface area contributed by atoms with E-state index in [0.29, 0.717) is 0 Å². The molecule has 1 aromatic carbocycles. The molecule has 3 nitrogen and oxygen atoms in total. The van der Waals surface area contributed by atoms with E-state index in [1.165, 1.54) is 24.8 Å². The van der Waals surface area contributed by atoms with E-state index in [4.69, 9.17) is 0 Å². The van der Waals surface area contributed by atoms with Crippen molar-refractivity contribution in [2.24, 2.45) is 5.92 Å². The number of piperidine rings is 1. The second kappa shape index (κ2) is 4.78. The molecule has 1 unspecified atom stereocenters. The Balaban J connectivity index is 1.80. The number of nitrogens with one attached hydrogen (secondary N) is 1. The predicted octanol–water partition coefficient (Wildman–Crippen LogP) is 2.80. The van der Waals surface area contributed by atoms with Gasteiger partial charge in [-0.3, -0.25) is 4.68 Å². The highest BCUT2D eigenvalue weighted by molar-refractivity contribution is 9.10. The van der Waals surface area contributed by atoms with E-state index in [2.05, 4.69) is 49.4 Å². The molecule has 0 saturated carbocycles. The van der Waals surface area contributed by atoms with Crippen molar-refractivity contribution in [3.05, 3.63) is 28.9 Å². The molecule has 0 bridgehead atoms. The predicted molar refractivity (Wildman–Crippen MR) is 73.0 cm³/mol. The van der Waals surface area contributed by atoms with Gasteiger partial charge in [-0.15, -0.1) is 0 Å². The lowest BCUT2D eigenvalue weighted by atomic mass is 10.00. The molecule has 0 radical (unpaired) electrons. The summed E-state index contributed by atoms with van der Waals surface area (Å²) in [6, 6.07) is 6.23. The Bertz CT molecular complexity index is 514. The summed E-state index contributed by atoms with van der Waals surface area (Å²) in [4.78, 5) is 0. The second-order valence-electron chi connectivity index (χ2n) is 4.77. The average Bonchev–Trinajstić information content (AvgIpc) is 2.71. The first-order chi connectivity index (χ1) is 8.31. The van der Waals surface area contributed by atoms with Crippen LogP contribution in [0.5, 0.6) is 0 Å². The highest BCUT2D eigenvalue weighted by Gasteiger charge is 2.14. The summed E-state index contributed by atoms with van der Waals surface area (Å²) in [6.07, 6.45) is 4.75. The molecule has 90 valence electrons.